The third-order valence-electron chi connectivity index (χ3n) is 5.04. The maximum atomic E-state index is 13.1. The van der Waals surface area contributed by atoms with Gasteiger partial charge < -0.3 is 23.6 Å². The number of ether oxygens (including phenoxy) is 3. The van der Waals surface area contributed by atoms with Gasteiger partial charge in [-0.3, -0.25) is 4.79 Å². The van der Waals surface area contributed by atoms with Crippen LogP contribution in [0.1, 0.15) is 32.9 Å². The number of carbonyl (C=O) groups is 1. The molecule has 4 rings (SSSR count). The number of hydrogen-bond acceptors (Lipinski definition) is 6. The lowest BCUT2D eigenvalue weighted by molar-refractivity contribution is 0.0780. The van der Waals surface area contributed by atoms with Crippen LogP contribution in [0.2, 0.25) is 0 Å². The Kier molecular flexibility index (Phi) is 5.61. The van der Waals surface area contributed by atoms with Gasteiger partial charge in [-0.15, -0.1) is 0 Å². The van der Waals surface area contributed by atoms with Gasteiger partial charge in [-0.25, -0.2) is 0 Å². The molecule has 0 unspecified atom stereocenters. The zero-order valence-electron chi connectivity index (χ0n) is 17.3. The van der Waals surface area contributed by atoms with Crippen molar-refractivity contribution in [2.24, 2.45) is 0 Å². The Morgan fingerprint density at radius 3 is 2.63 bits per heavy atom. The van der Waals surface area contributed by atoms with E-state index < -0.39 is 0 Å². The maximum Gasteiger partial charge on any atom is 0.257 e. The van der Waals surface area contributed by atoms with E-state index >= 15 is 0 Å². The Balaban J connectivity index is 1.47. The number of aryl methyl sites for hydroxylation is 2. The standard InChI is InChI=1S/C23H24N2O5/c1-15-19(16(2)30-24-15)14-29-20-7-5-4-6-18(20)23(26)25(3)13-17-8-9-21-22(12-17)28-11-10-27-21/h4-9,12H,10-11,13-14H2,1-3H3. The first kappa shape index (κ1) is 19.8. The molecule has 0 radical (unpaired) electrons. The van der Waals surface area contributed by atoms with Gasteiger partial charge in [-0.05, 0) is 43.7 Å². The maximum absolute atomic E-state index is 13.1. The van der Waals surface area contributed by atoms with Crippen molar-refractivity contribution in [1.29, 1.82) is 0 Å². The quantitative estimate of drug-likeness (QED) is 0.616. The molecule has 0 saturated carbocycles. The lowest BCUT2D eigenvalue weighted by Crippen LogP contribution is -2.27. The second-order valence-corrected chi connectivity index (χ2v) is 7.23. The number of para-hydroxylation sites is 1. The number of carbonyl (C=O) groups excluding carboxylic acids is 1. The van der Waals surface area contributed by atoms with Gasteiger partial charge in [-0.2, -0.15) is 0 Å². The highest BCUT2D eigenvalue weighted by molar-refractivity contribution is 5.96. The lowest BCUT2D eigenvalue weighted by atomic mass is 10.1. The summed E-state index contributed by atoms with van der Waals surface area (Å²) in [5.41, 5.74) is 3.14. The molecule has 2 aromatic carbocycles. The van der Waals surface area contributed by atoms with E-state index in [4.69, 9.17) is 18.7 Å². The van der Waals surface area contributed by atoms with Crippen molar-refractivity contribution in [2.75, 3.05) is 20.3 Å². The van der Waals surface area contributed by atoms with Crippen molar-refractivity contribution in [3.63, 3.8) is 0 Å². The van der Waals surface area contributed by atoms with Crippen molar-refractivity contribution in [2.45, 2.75) is 27.0 Å². The minimum Gasteiger partial charge on any atom is -0.488 e. The van der Waals surface area contributed by atoms with Crippen LogP contribution in [0.15, 0.2) is 47.0 Å². The zero-order chi connectivity index (χ0) is 21.1. The van der Waals surface area contributed by atoms with Crippen LogP contribution >= 0.6 is 0 Å². The van der Waals surface area contributed by atoms with Crippen LogP contribution in [0.25, 0.3) is 0 Å². The van der Waals surface area contributed by atoms with Crippen molar-refractivity contribution in [3.8, 4) is 17.2 Å². The number of nitrogens with zero attached hydrogens (tertiary/aromatic N) is 2. The molecule has 3 aromatic rings. The molecule has 7 nitrogen and oxygen atoms in total. The number of rotatable bonds is 6. The molecule has 156 valence electrons. The molecule has 1 amide bonds. The monoisotopic (exact) mass is 408 g/mol. The predicted octanol–water partition coefficient (Wildman–Crippen LogP) is 3.91. The van der Waals surface area contributed by atoms with Gasteiger partial charge in [0, 0.05) is 13.6 Å². The second-order valence-electron chi connectivity index (χ2n) is 7.23. The average molecular weight is 408 g/mol. The molecular weight excluding hydrogens is 384 g/mol. The van der Waals surface area contributed by atoms with E-state index in [-0.39, 0.29) is 12.5 Å². The highest BCUT2D eigenvalue weighted by atomic mass is 16.6. The van der Waals surface area contributed by atoms with Crippen molar-refractivity contribution in [1.82, 2.24) is 10.1 Å². The Morgan fingerprint density at radius 2 is 1.87 bits per heavy atom. The van der Waals surface area contributed by atoms with Gasteiger partial charge in [0.2, 0.25) is 0 Å². The molecule has 7 heteroatoms. The van der Waals surface area contributed by atoms with Crippen LogP contribution in [0.5, 0.6) is 17.2 Å². The normalized spacial score (nSPS) is 12.5. The number of fused-ring (bicyclic) bond motifs is 1. The van der Waals surface area contributed by atoms with Gasteiger partial charge in [0.25, 0.3) is 5.91 Å². The van der Waals surface area contributed by atoms with Crippen LogP contribution in [0.3, 0.4) is 0 Å². The van der Waals surface area contributed by atoms with Crippen LogP contribution in [-0.2, 0) is 13.2 Å². The number of hydrogen-bond donors (Lipinski definition) is 0. The fraction of sp³-hybridized carbons (Fsp3) is 0.304. The molecule has 0 atom stereocenters. The van der Waals surface area contributed by atoms with E-state index in [1.54, 1.807) is 24.1 Å². The summed E-state index contributed by atoms with van der Waals surface area (Å²) in [5.74, 6) is 2.56. The first-order valence-corrected chi connectivity index (χ1v) is 9.80. The van der Waals surface area contributed by atoms with E-state index in [9.17, 15) is 4.79 Å². The third kappa shape index (κ3) is 4.10. The summed E-state index contributed by atoms with van der Waals surface area (Å²) in [5, 5.41) is 3.94. The van der Waals surface area contributed by atoms with E-state index in [1.165, 1.54) is 0 Å². The highest BCUT2D eigenvalue weighted by Crippen LogP contribution is 2.31. The Labute approximate surface area is 175 Å². The molecular formula is C23H24N2O5. The fourth-order valence-electron chi connectivity index (χ4n) is 3.36. The van der Waals surface area contributed by atoms with Crippen molar-refractivity contribution in [3.05, 3.63) is 70.6 Å². The lowest BCUT2D eigenvalue weighted by Gasteiger charge is -2.22. The summed E-state index contributed by atoms with van der Waals surface area (Å²) in [4.78, 5) is 14.8. The van der Waals surface area contributed by atoms with Gasteiger partial charge in [0.1, 0.15) is 31.3 Å². The van der Waals surface area contributed by atoms with Crippen molar-refractivity contribution < 1.29 is 23.5 Å². The van der Waals surface area contributed by atoms with Gasteiger partial charge in [0.05, 0.1) is 16.8 Å². The van der Waals surface area contributed by atoms with Crippen LogP contribution in [-0.4, -0.2) is 36.2 Å². The molecule has 1 aliphatic heterocycles. The van der Waals surface area contributed by atoms with Gasteiger partial charge in [-0.1, -0.05) is 23.4 Å². The molecule has 0 spiro atoms. The number of benzene rings is 2. The molecule has 1 aromatic heterocycles. The van der Waals surface area contributed by atoms with Crippen LogP contribution in [0, 0.1) is 13.8 Å². The Morgan fingerprint density at radius 1 is 1.10 bits per heavy atom. The zero-order valence-corrected chi connectivity index (χ0v) is 17.3. The second kappa shape index (κ2) is 8.49. The van der Waals surface area contributed by atoms with Crippen LogP contribution in [0.4, 0.5) is 0 Å². The molecule has 1 aliphatic rings. The first-order chi connectivity index (χ1) is 14.5. The molecule has 0 fully saturated rings. The smallest absolute Gasteiger partial charge is 0.257 e. The van der Waals surface area contributed by atoms with E-state index in [1.807, 2.05) is 44.2 Å². The SMILES string of the molecule is Cc1noc(C)c1COc1ccccc1C(=O)N(C)Cc1ccc2c(c1)OCCO2. The van der Waals surface area contributed by atoms with Gasteiger partial charge >= 0.3 is 0 Å². The first-order valence-electron chi connectivity index (χ1n) is 9.80. The largest absolute Gasteiger partial charge is 0.488 e. The van der Waals surface area contributed by atoms with E-state index in [0.29, 0.717) is 42.6 Å². The number of aromatic nitrogens is 1. The summed E-state index contributed by atoms with van der Waals surface area (Å²) in [6.07, 6.45) is 0. The molecule has 0 N–H and O–H groups in total. The average Bonchev–Trinajstić information content (AvgIpc) is 3.09. The molecule has 0 saturated heterocycles. The third-order valence-corrected chi connectivity index (χ3v) is 5.04. The summed E-state index contributed by atoms with van der Waals surface area (Å²) in [7, 11) is 1.77. The highest BCUT2D eigenvalue weighted by Gasteiger charge is 2.19. The minimum atomic E-state index is -0.126. The van der Waals surface area contributed by atoms with E-state index in [2.05, 4.69) is 5.16 Å². The summed E-state index contributed by atoms with van der Waals surface area (Å²) >= 11 is 0. The van der Waals surface area contributed by atoms with E-state index in [0.717, 1.165) is 22.6 Å². The molecule has 0 bridgehead atoms. The van der Waals surface area contributed by atoms with Crippen molar-refractivity contribution >= 4 is 5.91 Å². The molecule has 2 heterocycles. The molecule has 30 heavy (non-hydrogen) atoms. The Hall–Kier alpha value is -3.48. The minimum absolute atomic E-state index is 0.126. The van der Waals surface area contributed by atoms with Crippen LogP contribution < -0.4 is 14.2 Å². The summed E-state index contributed by atoms with van der Waals surface area (Å²) < 4.78 is 22.3. The topological polar surface area (TPSA) is 74.0 Å². The summed E-state index contributed by atoms with van der Waals surface area (Å²) in [6, 6.07) is 13.0. The number of amides is 1. The van der Waals surface area contributed by atoms with Gasteiger partial charge in [0.15, 0.2) is 11.5 Å². The molecule has 0 aliphatic carbocycles. The summed E-state index contributed by atoms with van der Waals surface area (Å²) in [6.45, 7) is 5.52. The fourth-order valence-corrected chi connectivity index (χ4v) is 3.36. The Bertz CT molecular complexity index is 1040. The predicted molar refractivity (Wildman–Crippen MR) is 110 cm³/mol.